The van der Waals surface area contributed by atoms with Gasteiger partial charge in [0.05, 0.1) is 0 Å². The van der Waals surface area contributed by atoms with Crippen LogP contribution in [-0.2, 0) is 4.74 Å². The monoisotopic (exact) mass is 242 g/mol. The van der Waals surface area contributed by atoms with Crippen molar-refractivity contribution < 1.29 is 9.53 Å². The second-order valence-corrected chi connectivity index (χ2v) is 5.35. The molecule has 0 aromatic carbocycles. The lowest BCUT2D eigenvalue weighted by atomic mass is 10.00. The Labute approximate surface area is 105 Å². The molecule has 0 radical (unpaired) electrons. The lowest BCUT2D eigenvalue weighted by molar-refractivity contribution is 0.0586. The zero-order valence-corrected chi connectivity index (χ0v) is 11.4. The summed E-state index contributed by atoms with van der Waals surface area (Å²) in [6.07, 6.45) is 3.18. The summed E-state index contributed by atoms with van der Waals surface area (Å²) in [7, 11) is 1.88. The standard InChI is InChI=1S/C13H26N2O2/c1-11(2)4-7-14-13(16)15(3)10-12-5-8-17-9-6-12/h11-12H,4-10H2,1-3H3,(H,14,16). The first-order valence-electron chi connectivity index (χ1n) is 6.66. The summed E-state index contributed by atoms with van der Waals surface area (Å²) in [5.41, 5.74) is 0. The minimum atomic E-state index is 0.0529. The smallest absolute Gasteiger partial charge is 0.317 e. The number of amides is 2. The van der Waals surface area contributed by atoms with Gasteiger partial charge in [0.1, 0.15) is 0 Å². The number of urea groups is 1. The molecule has 2 amide bonds. The largest absolute Gasteiger partial charge is 0.381 e. The van der Waals surface area contributed by atoms with Gasteiger partial charge in [-0.25, -0.2) is 4.79 Å². The van der Waals surface area contributed by atoms with Gasteiger partial charge >= 0.3 is 6.03 Å². The van der Waals surface area contributed by atoms with E-state index in [2.05, 4.69) is 19.2 Å². The molecule has 100 valence electrons. The third kappa shape index (κ3) is 5.91. The van der Waals surface area contributed by atoms with Crippen molar-refractivity contribution in [2.24, 2.45) is 11.8 Å². The Kier molecular flexibility index (Phi) is 6.34. The van der Waals surface area contributed by atoms with Crippen LogP contribution in [0.25, 0.3) is 0 Å². The van der Waals surface area contributed by atoms with E-state index in [1.54, 1.807) is 4.90 Å². The highest BCUT2D eigenvalue weighted by Crippen LogP contribution is 2.15. The normalized spacial score (nSPS) is 17.2. The van der Waals surface area contributed by atoms with Crippen molar-refractivity contribution in [3.05, 3.63) is 0 Å². The molecule has 0 aromatic heterocycles. The van der Waals surface area contributed by atoms with Crippen LogP contribution in [0.15, 0.2) is 0 Å². The highest BCUT2D eigenvalue weighted by atomic mass is 16.5. The van der Waals surface area contributed by atoms with Gasteiger partial charge in [0, 0.05) is 33.4 Å². The van der Waals surface area contributed by atoms with E-state index in [4.69, 9.17) is 4.74 Å². The van der Waals surface area contributed by atoms with Gasteiger partial charge in [0.15, 0.2) is 0 Å². The van der Waals surface area contributed by atoms with Crippen LogP contribution in [0.5, 0.6) is 0 Å². The third-order valence-corrected chi connectivity index (χ3v) is 3.22. The Morgan fingerprint density at radius 1 is 1.41 bits per heavy atom. The molecule has 0 unspecified atom stereocenters. The zero-order valence-electron chi connectivity index (χ0n) is 11.4. The van der Waals surface area contributed by atoms with Crippen LogP contribution < -0.4 is 5.32 Å². The average molecular weight is 242 g/mol. The van der Waals surface area contributed by atoms with E-state index >= 15 is 0 Å². The van der Waals surface area contributed by atoms with E-state index in [0.717, 1.165) is 45.6 Å². The van der Waals surface area contributed by atoms with Gasteiger partial charge in [-0.3, -0.25) is 0 Å². The highest BCUT2D eigenvalue weighted by Gasteiger charge is 2.18. The zero-order chi connectivity index (χ0) is 12.7. The molecule has 0 atom stereocenters. The van der Waals surface area contributed by atoms with Crippen molar-refractivity contribution >= 4 is 6.03 Å². The van der Waals surface area contributed by atoms with Crippen molar-refractivity contribution in [3.63, 3.8) is 0 Å². The number of carbonyl (C=O) groups is 1. The number of carbonyl (C=O) groups excluding carboxylic acids is 1. The van der Waals surface area contributed by atoms with Gasteiger partial charge in [-0.05, 0) is 31.1 Å². The summed E-state index contributed by atoms with van der Waals surface area (Å²) in [6.45, 7) is 7.63. The molecule has 4 nitrogen and oxygen atoms in total. The molecule has 1 N–H and O–H groups in total. The molecule has 0 bridgehead atoms. The number of hydrogen-bond acceptors (Lipinski definition) is 2. The van der Waals surface area contributed by atoms with Crippen molar-refractivity contribution in [2.45, 2.75) is 33.1 Å². The second kappa shape index (κ2) is 7.54. The molecule has 1 aliphatic rings. The van der Waals surface area contributed by atoms with Crippen molar-refractivity contribution in [1.82, 2.24) is 10.2 Å². The molecule has 0 spiro atoms. The lowest BCUT2D eigenvalue weighted by Crippen LogP contribution is -2.41. The molecular formula is C13H26N2O2. The van der Waals surface area contributed by atoms with Crippen LogP contribution in [0.2, 0.25) is 0 Å². The minimum absolute atomic E-state index is 0.0529. The lowest BCUT2D eigenvalue weighted by Gasteiger charge is -2.27. The van der Waals surface area contributed by atoms with Crippen molar-refractivity contribution in [3.8, 4) is 0 Å². The van der Waals surface area contributed by atoms with Gasteiger partial charge < -0.3 is 15.0 Å². The molecule has 1 rings (SSSR count). The molecule has 4 heteroatoms. The number of rotatable bonds is 5. The average Bonchev–Trinajstić information content (AvgIpc) is 2.29. The quantitative estimate of drug-likeness (QED) is 0.802. The van der Waals surface area contributed by atoms with Gasteiger partial charge in [0.2, 0.25) is 0 Å². The highest BCUT2D eigenvalue weighted by molar-refractivity contribution is 5.73. The number of ether oxygens (including phenoxy) is 1. The van der Waals surface area contributed by atoms with Crippen LogP contribution in [0.4, 0.5) is 4.79 Å². The first kappa shape index (κ1) is 14.3. The van der Waals surface area contributed by atoms with E-state index < -0.39 is 0 Å². The minimum Gasteiger partial charge on any atom is -0.381 e. The molecular weight excluding hydrogens is 216 g/mol. The van der Waals surface area contributed by atoms with Gasteiger partial charge in [-0.2, -0.15) is 0 Å². The van der Waals surface area contributed by atoms with Gasteiger partial charge in [-0.1, -0.05) is 13.8 Å². The summed E-state index contributed by atoms with van der Waals surface area (Å²) < 4.78 is 5.31. The molecule has 1 heterocycles. The number of nitrogens with one attached hydrogen (secondary N) is 1. The third-order valence-electron chi connectivity index (χ3n) is 3.22. The predicted molar refractivity (Wildman–Crippen MR) is 69.0 cm³/mol. The van der Waals surface area contributed by atoms with Crippen LogP contribution in [0.3, 0.4) is 0 Å². The van der Waals surface area contributed by atoms with Crippen LogP contribution >= 0.6 is 0 Å². The van der Waals surface area contributed by atoms with Crippen molar-refractivity contribution in [1.29, 1.82) is 0 Å². The van der Waals surface area contributed by atoms with Crippen LogP contribution in [-0.4, -0.2) is 44.3 Å². The van der Waals surface area contributed by atoms with E-state index in [1.165, 1.54) is 0 Å². The molecule has 0 saturated carbocycles. The first-order valence-corrected chi connectivity index (χ1v) is 6.66. The predicted octanol–water partition coefficient (Wildman–Crippen LogP) is 2.10. The second-order valence-electron chi connectivity index (χ2n) is 5.35. The fraction of sp³-hybridized carbons (Fsp3) is 0.923. The summed E-state index contributed by atoms with van der Waals surface area (Å²) in [6, 6.07) is 0.0529. The Bertz CT molecular complexity index is 225. The van der Waals surface area contributed by atoms with Gasteiger partial charge in [0.25, 0.3) is 0 Å². The summed E-state index contributed by atoms with van der Waals surface area (Å²) in [4.78, 5) is 13.6. The Morgan fingerprint density at radius 2 is 2.06 bits per heavy atom. The maximum absolute atomic E-state index is 11.8. The summed E-state index contributed by atoms with van der Waals surface area (Å²) >= 11 is 0. The van der Waals surface area contributed by atoms with Gasteiger partial charge in [-0.15, -0.1) is 0 Å². The fourth-order valence-corrected chi connectivity index (χ4v) is 2.00. The Balaban J connectivity index is 2.16. The number of nitrogens with zero attached hydrogens (tertiary/aromatic N) is 1. The maximum Gasteiger partial charge on any atom is 0.317 e. The number of hydrogen-bond donors (Lipinski definition) is 1. The maximum atomic E-state index is 11.8. The molecule has 17 heavy (non-hydrogen) atoms. The molecule has 0 aliphatic carbocycles. The Morgan fingerprint density at radius 3 is 2.65 bits per heavy atom. The fourth-order valence-electron chi connectivity index (χ4n) is 2.00. The van der Waals surface area contributed by atoms with Crippen molar-refractivity contribution in [2.75, 3.05) is 33.4 Å². The first-order chi connectivity index (χ1) is 8.09. The molecule has 0 aromatic rings. The van der Waals surface area contributed by atoms with E-state index in [-0.39, 0.29) is 6.03 Å². The SMILES string of the molecule is CC(C)CCNC(=O)N(C)CC1CCOCC1. The molecule has 1 saturated heterocycles. The van der Waals surface area contributed by atoms with Crippen LogP contribution in [0.1, 0.15) is 33.1 Å². The summed E-state index contributed by atoms with van der Waals surface area (Å²) in [5.74, 6) is 1.24. The topological polar surface area (TPSA) is 41.6 Å². The molecule has 1 fully saturated rings. The van der Waals surface area contributed by atoms with Crippen LogP contribution in [0, 0.1) is 11.8 Å². The Hall–Kier alpha value is -0.770. The van der Waals surface area contributed by atoms with E-state index in [9.17, 15) is 4.79 Å². The van der Waals surface area contributed by atoms with E-state index in [0.29, 0.717) is 11.8 Å². The van der Waals surface area contributed by atoms with E-state index in [1.807, 2.05) is 7.05 Å². The molecule has 1 aliphatic heterocycles. The summed E-state index contributed by atoms with van der Waals surface area (Å²) in [5, 5.41) is 2.96.